The number of rotatable bonds is 1. The molecule has 0 aromatic heterocycles. The molecular formula is C15H19BrN2O2. The van der Waals surface area contributed by atoms with E-state index in [0.717, 1.165) is 4.47 Å². The van der Waals surface area contributed by atoms with Crippen molar-refractivity contribution < 1.29 is 9.90 Å². The van der Waals surface area contributed by atoms with Gasteiger partial charge < -0.3 is 5.11 Å². The fourth-order valence-electron chi connectivity index (χ4n) is 2.21. The number of amides is 1. The van der Waals surface area contributed by atoms with Crippen LogP contribution >= 0.6 is 15.9 Å². The zero-order valence-electron chi connectivity index (χ0n) is 11.9. The van der Waals surface area contributed by atoms with Crippen LogP contribution in [0.1, 0.15) is 37.6 Å². The maximum atomic E-state index is 12.6. The van der Waals surface area contributed by atoms with E-state index in [0.29, 0.717) is 17.7 Å². The average molecular weight is 339 g/mol. The number of hydrogen-bond donors (Lipinski definition) is 2. The largest absolute Gasteiger partial charge is 0.368 e. The van der Waals surface area contributed by atoms with Crippen LogP contribution in [0.5, 0.6) is 0 Å². The van der Waals surface area contributed by atoms with Gasteiger partial charge in [-0.05, 0) is 24.3 Å². The third kappa shape index (κ3) is 2.47. The summed E-state index contributed by atoms with van der Waals surface area (Å²) in [7, 11) is 0. The van der Waals surface area contributed by atoms with E-state index in [1.165, 1.54) is 5.01 Å². The number of hydrogen-bond acceptors (Lipinski definition) is 3. The van der Waals surface area contributed by atoms with Gasteiger partial charge in [-0.2, -0.15) is 0 Å². The van der Waals surface area contributed by atoms with Crippen molar-refractivity contribution in [2.45, 2.75) is 32.9 Å². The molecule has 5 heteroatoms. The molecule has 1 fully saturated rings. The molecule has 1 aliphatic rings. The minimum Gasteiger partial charge on any atom is -0.368 e. The Labute approximate surface area is 127 Å². The summed E-state index contributed by atoms with van der Waals surface area (Å²) in [5.74, 6) is -0.270. The normalized spacial score (nSPS) is 22.9. The highest BCUT2D eigenvalue weighted by atomic mass is 79.9. The fraction of sp³-hybridized carbons (Fsp3) is 0.400. The monoisotopic (exact) mass is 338 g/mol. The Morgan fingerprint density at radius 1 is 1.40 bits per heavy atom. The summed E-state index contributed by atoms with van der Waals surface area (Å²) in [4.78, 5) is 12.6. The number of carbonyl (C=O) groups is 1. The van der Waals surface area contributed by atoms with E-state index in [4.69, 9.17) is 0 Å². The van der Waals surface area contributed by atoms with Crippen molar-refractivity contribution >= 4 is 21.8 Å². The van der Waals surface area contributed by atoms with Gasteiger partial charge in [-0.15, -0.1) is 0 Å². The van der Waals surface area contributed by atoms with Gasteiger partial charge in [-0.3, -0.25) is 10.2 Å². The lowest BCUT2D eigenvalue weighted by molar-refractivity contribution is -0.148. The van der Waals surface area contributed by atoms with E-state index in [-0.39, 0.29) is 5.91 Å². The Bertz CT molecular complexity index is 548. The molecule has 1 aromatic rings. The van der Waals surface area contributed by atoms with Crippen molar-refractivity contribution in [3.63, 3.8) is 0 Å². The summed E-state index contributed by atoms with van der Waals surface area (Å²) in [6, 6.07) is 7.04. The molecule has 20 heavy (non-hydrogen) atoms. The van der Waals surface area contributed by atoms with Crippen LogP contribution in [-0.2, 0) is 0 Å². The lowest BCUT2D eigenvalue weighted by atomic mass is 9.80. The predicted octanol–water partition coefficient (Wildman–Crippen LogP) is 3.05. The van der Waals surface area contributed by atoms with Crippen molar-refractivity contribution in [2.75, 3.05) is 0 Å². The van der Waals surface area contributed by atoms with Crippen LogP contribution in [0, 0.1) is 5.41 Å². The Kier molecular flexibility index (Phi) is 3.69. The van der Waals surface area contributed by atoms with Crippen LogP contribution in [0.3, 0.4) is 0 Å². The Hall–Kier alpha value is -1.33. The van der Waals surface area contributed by atoms with Crippen molar-refractivity contribution in [3.8, 4) is 0 Å². The molecule has 1 heterocycles. The zero-order chi connectivity index (χ0) is 15.1. The van der Waals surface area contributed by atoms with Crippen molar-refractivity contribution in [1.82, 2.24) is 10.4 Å². The second-order valence-corrected chi connectivity index (χ2v) is 7.02. The molecule has 0 spiro atoms. The standard InChI is InChI=1S/C15H19BrN2O2/c1-10-9-15(20,14(2,3)4)18(17-10)13(19)11-5-7-12(16)8-6-11/h5-8,17,20H,1,9H2,2-4H3. The van der Waals surface area contributed by atoms with Crippen LogP contribution in [0.2, 0.25) is 0 Å². The van der Waals surface area contributed by atoms with Crippen LogP contribution in [0.4, 0.5) is 0 Å². The Balaban J connectivity index is 2.37. The molecule has 1 aliphatic heterocycles. The van der Waals surface area contributed by atoms with E-state index in [2.05, 4.69) is 27.9 Å². The highest BCUT2D eigenvalue weighted by molar-refractivity contribution is 9.10. The number of halogens is 1. The zero-order valence-corrected chi connectivity index (χ0v) is 13.5. The number of nitrogens with one attached hydrogen (secondary N) is 1. The first-order chi connectivity index (χ1) is 9.15. The number of benzene rings is 1. The van der Waals surface area contributed by atoms with Gasteiger partial charge in [-0.25, -0.2) is 5.01 Å². The van der Waals surface area contributed by atoms with Crippen LogP contribution < -0.4 is 5.43 Å². The van der Waals surface area contributed by atoms with E-state index in [1.807, 2.05) is 20.8 Å². The molecule has 4 nitrogen and oxygen atoms in total. The van der Waals surface area contributed by atoms with Gasteiger partial charge in [0.05, 0.1) is 0 Å². The van der Waals surface area contributed by atoms with Gasteiger partial charge in [-0.1, -0.05) is 43.3 Å². The molecular weight excluding hydrogens is 320 g/mol. The highest BCUT2D eigenvalue weighted by Gasteiger charge is 2.52. The van der Waals surface area contributed by atoms with E-state index in [1.54, 1.807) is 24.3 Å². The number of hydrazine groups is 1. The van der Waals surface area contributed by atoms with Gasteiger partial charge in [0, 0.05) is 27.6 Å². The maximum absolute atomic E-state index is 12.6. The Morgan fingerprint density at radius 3 is 2.45 bits per heavy atom. The fourth-order valence-corrected chi connectivity index (χ4v) is 2.47. The van der Waals surface area contributed by atoms with Gasteiger partial charge >= 0.3 is 0 Å². The number of nitrogens with zero attached hydrogens (tertiary/aromatic N) is 1. The predicted molar refractivity (Wildman–Crippen MR) is 81.6 cm³/mol. The Morgan fingerprint density at radius 2 is 1.95 bits per heavy atom. The van der Waals surface area contributed by atoms with Crippen LogP contribution in [0.15, 0.2) is 41.0 Å². The maximum Gasteiger partial charge on any atom is 0.274 e. The first-order valence-electron chi connectivity index (χ1n) is 6.42. The topological polar surface area (TPSA) is 52.6 Å². The summed E-state index contributed by atoms with van der Waals surface area (Å²) in [6.07, 6.45) is 0.318. The first kappa shape index (κ1) is 15.1. The van der Waals surface area contributed by atoms with Crippen molar-refractivity contribution in [3.05, 3.63) is 46.6 Å². The molecule has 1 unspecified atom stereocenters. The minimum atomic E-state index is -1.30. The number of aliphatic hydroxyl groups is 1. The SMILES string of the molecule is C=C1CC(O)(C(C)(C)C)N(C(=O)c2ccc(Br)cc2)N1. The van der Waals surface area contributed by atoms with Crippen molar-refractivity contribution in [1.29, 1.82) is 0 Å². The first-order valence-corrected chi connectivity index (χ1v) is 7.21. The van der Waals surface area contributed by atoms with Gasteiger partial charge in [0.25, 0.3) is 5.91 Å². The molecule has 2 rings (SSSR count). The molecule has 0 radical (unpaired) electrons. The quantitative estimate of drug-likeness (QED) is 0.827. The van der Waals surface area contributed by atoms with Gasteiger partial charge in [0.15, 0.2) is 5.72 Å². The molecule has 108 valence electrons. The molecule has 0 aliphatic carbocycles. The average Bonchev–Trinajstić information content (AvgIpc) is 2.65. The van der Waals surface area contributed by atoms with E-state index >= 15 is 0 Å². The minimum absolute atomic E-state index is 0.270. The third-order valence-corrected chi connectivity index (χ3v) is 4.12. The summed E-state index contributed by atoms with van der Waals surface area (Å²) in [5.41, 5.74) is 2.24. The lowest BCUT2D eigenvalue weighted by Crippen LogP contribution is -2.58. The molecule has 0 bridgehead atoms. The van der Waals surface area contributed by atoms with Crippen LogP contribution in [-0.4, -0.2) is 21.7 Å². The van der Waals surface area contributed by atoms with Gasteiger partial charge in [0.1, 0.15) is 0 Å². The number of carbonyl (C=O) groups excluding carboxylic acids is 1. The molecule has 1 aromatic carbocycles. The summed E-state index contributed by atoms with van der Waals surface area (Å²) < 4.78 is 0.902. The lowest BCUT2D eigenvalue weighted by Gasteiger charge is -2.42. The second kappa shape index (κ2) is 4.90. The smallest absolute Gasteiger partial charge is 0.274 e. The third-order valence-electron chi connectivity index (χ3n) is 3.60. The van der Waals surface area contributed by atoms with Crippen molar-refractivity contribution in [2.24, 2.45) is 5.41 Å². The van der Waals surface area contributed by atoms with E-state index < -0.39 is 11.1 Å². The molecule has 0 saturated carbocycles. The summed E-state index contributed by atoms with van der Waals surface area (Å²) >= 11 is 3.34. The second-order valence-electron chi connectivity index (χ2n) is 6.11. The molecule has 1 amide bonds. The molecule has 1 saturated heterocycles. The van der Waals surface area contributed by atoms with Gasteiger partial charge in [0.2, 0.25) is 0 Å². The summed E-state index contributed by atoms with van der Waals surface area (Å²) in [5, 5.41) is 12.2. The highest BCUT2D eigenvalue weighted by Crippen LogP contribution is 2.41. The van der Waals surface area contributed by atoms with E-state index in [9.17, 15) is 9.90 Å². The van der Waals surface area contributed by atoms with Crippen LogP contribution in [0.25, 0.3) is 0 Å². The molecule has 1 atom stereocenters. The molecule has 2 N–H and O–H groups in total. The summed E-state index contributed by atoms with van der Waals surface area (Å²) in [6.45, 7) is 9.52.